The van der Waals surface area contributed by atoms with Crippen molar-refractivity contribution >= 4 is 11.8 Å². The van der Waals surface area contributed by atoms with E-state index in [1.807, 2.05) is 13.8 Å². The minimum atomic E-state index is -4.25. The lowest BCUT2D eigenvalue weighted by atomic mass is 10.0. The molecule has 0 saturated heterocycles. The largest absolute Gasteiger partial charge is 0.390 e. The second kappa shape index (κ2) is 7.88. The molecule has 1 nitrogen and oxygen atoms in total. The maximum Gasteiger partial charge on any atom is 0.390 e. The minimum absolute atomic E-state index is 0.448. The summed E-state index contributed by atoms with van der Waals surface area (Å²) >= 11 is 1.69. The minimum Gasteiger partial charge on any atom is -0.309 e. The van der Waals surface area contributed by atoms with Crippen molar-refractivity contribution in [2.45, 2.75) is 37.7 Å². The normalized spacial score (nSPS) is 13.8. The van der Waals surface area contributed by atoms with Crippen molar-refractivity contribution in [3.05, 3.63) is 35.6 Å². The van der Waals surface area contributed by atoms with Crippen LogP contribution in [0.2, 0.25) is 0 Å². The summed E-state index contributed by atoms with van der Waals surface area (Å²) in [4.78, 5) is 0. The lowest BCUT2D eigenvalue weighted by Gasteiger charge is -2.21. The fourth-order valence-corrected chi connectivity index (χ4v) is 2.47. The highest BCUT2D eigenvalue weighted by molar-refractivity contribution is 7.99. The van der Waals surface area contributed by atoms with E-state index in [1.54, 1.807) is 11.8 Å². The Balaban J connectivity index is 2.63. The Morgan fingerprint density at radius 2 is 1.75 bits per heavy atom. The monoisotopic (exact) mass is 309 g/mol. The molecule has 1 rings (SSSR count). The number of benzene rings is 1. The molecule has 0 aliphatic rings. The smallest absolute Gasteiger partial charge is 0.309 e. The predicted molar refractivity (Wildman–Crippen MR) is 75.4 cm³/mol. The molecular formula is C14H19F4NS. The van der Waals surface area contributed by atoms with Crippen LogP contribution in [-0.4, -0.2) is 23.7 Å². The van der Waals surface area contributed by atoms with Gasteiger partial charge in [-0.1, -0.05) is 26.0 Å². The summed E-state index contributed by atoms with van der Waals surface area (Å²) in [5.41, 5.74) is 0.457. The summed E-state index contributed by atoms with van der Waals surface area (Å²) in [6.07, 6.45) is -5.21. The Labute approximate surface area is 121 Å². The van der Waals surface area contributed by atoms with Crippen molar-refractivity contribution in [1.82, 2.24) is 5.32 Å². The molecule has 0 radical (unpaired) electrons. The number of thioether (sulfide) groups is 1. The van der Waals surface area contributed by atoms with Crippen molar-refractivity contribution in [3.8, 4) is 0 Å². The van der Waals surface area contributed by atoms with Crippen molar-refractivity contribution in [3.63, 3.8) is 0 Å². The Hall–Kier alpha value is -0.750. The van der Waals surface area contributed by atoms with Crippen molar-refractivity contribution in [2.24, 2.45) is 0 Å². The molecule has 1 N–H and O–H groups in total. The van der Waals surface area contributed by atoms with Gasteiger partial charge in [-0.25, -0.2) is 4.39 Å². The number of hydrogen-bond donors (Lipinski definition) is 1. The lowest BCUT2D eigenvalue weighted by Crippen LogP contribution is -2.28. The van der Waals surface area contributed by atoms with E-state index in [0.29, 0.717) is 17.4 Å². The molecule has 20 heavy (non-hydrogen) atoms. The van der Waals surface area contributed by atoms with Gasteiger partial charge in [0.1, 0.15) is 5.82 Å². The molecule has 6 heteroatoms. The van der Waals surface area contributed by atoms with E-state index >= 15 is 0 Å². The number of rotatable bonds is 7. The predicted octanol–water partition coefficient (Wildman–Crippen LogP) is 4.55. The first kappa shape index (κ1) is 17.3. The van der Waals surface area contributed by atoms with Gasteiger partial charge in [0, 0.05) is 18.3 Å². The average molecular weight is 309 g/mol. The summed E-state index contributed by atoms with van der Waals surface area (Å²) in [6, 6.07) is 4.33. The molecule has 1 aromatic rings. The fourth-order valence-electron chi connectivity index (χ4n) is 1.76. The molecule has 0 fully saturated rings. The van der Waals surface area contributed by atoms with Gasteiger partial charge in [0.05, 0.1) is 6.42 Å². The summed E-state index contributed by atoms with van der Waals surface area (Å²) in [6.45, 7) is 4.57. The quantitative estimate of drug-likeness (QED) is 0.586. The van der Waals surface area contributed by atoms with Crippen molar-refractivity contribution in [2.75, 3.05) is 12.3 Å². The highest BCUT2D eigenvalue weighted by Gasteiger charge is 2.32. The van der Waals surface area contributed by atoms with Crippen LogP contribution in [-0.2, 0) is 0 Å². The molecule has 114 valence electrons. The van der Waals surface area contributed by atoms with E-state index in [0.717, 1.165) is 5.75 Å². The summed E-state index contributed by atoms with van der Waals surface area (Å²) in [5, 5.41) is 3.35. The van der Waals surface area contributed by atoms with Gasteiger partial charge >= 0.3 is 6.18 Å². The zero-order valence-corrected chi connectivity index (χ0v) is 12.3. The van der Waals surface area contributed by atoms with Crippen LogP contribution in [0.4, 0.5) is 17.6 Å². The third kappa shape index (κ3) is 7.14. The molecule has 0 bridgehead atoms. The van der Waals surface area contributed by atoms with E-state index < -0.39 is 24.5 Å². The van der Waals surface area contributed by atoms with Crippen LogP contribution < -0.4 is 5.32 Å². The van der Waals surface area contributed by atoms with Gasteiger partial charge in [0.15, 0.2) is 0 Å². The first-order valence-corrected chi connectivity index (χ1v) is 7.50. The van der Waals surface area contributed by atoms with Gasteiger partial charge < -0.3 is 5.32 Å². The van der Waals surface area contributed by atoms with Crippen molar-refractivity contribution in [1.29, 1.82) is 0 Å². The molecule has 0 aliphatic heterocycles. The Kier molecular flexibility index (Phi) is 6.82. The van der Waals surface area contributed by atoms with Gasteiger partial charge in [0.2, 0.25) is 0 Å². The van der Waals surface area contributed by atoms with Crippen LogP contribution in [0.1, 0.15) is 31.9 Å². The average Bonchev–Trinajstić information content (AvgIpc) is 2.32. The Morgan fingerprint density at radius 3 is 2.25 bits per heavy atom. The third-order valence-electron chi connectivity index (χ3n) is 2.65. The molecule has 0 unspecified atom stereocenters. The van der Waals surface area contributed by atoms with E-state index in [4.69, 9.17) is 0 Å². The number of alkyl halides is 3. The van der Waals surface area contributed by atoms with Gasteiger partial charge in [-0.15, -0.1) is 0 Å². The zero-order valence-electron chi connectivity index (χ0n) is 11.5. The summed E-state index contributed by atoms with van der Waals surface area (Å²) < 4.78 is 50.6. The Morgan fingerprint density at radius 1 is 1.15 bits per heavy atom. The first-order valence-electron chi connectivity index (χ1n) is 6.45. The lowest BCUT2D eigenvalue weighted by molar-refractivity contribution is -0.140. The molecule has 0 saturated carbocycles. The van der Waals surface area contributed by atoms with Crippen LogP contribution >= 0.6 is 11.8 Å². The van der Waals surface area contributed by atoms with E-state index in [-0.39, 0.29) is 0 Å². The second-order valence-corrected chi connectivity index (χ2v) is 6.48. The highest BCUT2D eigenvalue weighted by atomic mass is 32.2. The first-order chi connectivity index (χ1) is 9.28. The molecule has 1 atom stereocenters. The topological polar surface area (TPSA) is 12.0 Å². The molecule has 1 aromatic carbocycles. The zero-order chi connectivity index (χ0) is 15.2. The van der Waals surface area contributed by atoms with Crippen LogP contribution in [0, 0.1) is 5.82 Å². The van der Waals surface area contributed by atoms with Gasteiger partial charge in [-0.05, 0) is 22.9 Å². The molecule has 0 amide bonds. The van der Waals surface area contributed by atoms with Gasteiger partial charge in [-0.2, -0.15) is 24.9 Å². The molecule has 0 spiro atoms. The van der Waals surface area contributed by atoms with Crippen LogP contribution in [0.3, 0.4) is 0 Å². The molecule has 0 aromatic heterocycles. The number of hydrogen-bond acceptors (Lipinski definition) is 2. The number of nitrogens with one attached hydrogen (secondary N) is 1. The summed E-state index contributed by atoms with van der Waals surface area (Å²) in [7, 11) is 0. The number of halogens is 4. The fraction of sp³-hybridized carbons (Fsp3) is 0.571. The molecule has 0 aliphatic carbocycles. The summed E-state index contributed by atoms with van der Waals surface area (Å²) in [5.74, 6) is 0.294. The van der Waals surface area contributed by atoms with Crippen LogP contribution in [0.25, 0.3) is 0 Å². The highest BCUT2D eigenvalue weighted by Crippen LogP contribution is 2.29. The SMILES string of the molecule is CC(C)SCCN[C@H](CC(F)(F)F)c1ccc(F)cc1. The van der Waals surface area contributed by atoms with Gasteiger partial charge in [-0.3, -0.25) is 0 Å². The Bertz CT molecular complexity index is 389. The molecule has 0 heterocycles. The van der Waals surface area contributed by atoms with Gasteiger partial charge in [0.25, 0.3) is 0 Å². The maximum atomic E-state index is 12.8. The van der Waals surface area contributed by atoms with Crippen molar-refractivity contribution < 1.29 is 17.6 Å². The van der Waals surface area contributed by atoms with E-state index in [2.05, 4.69) is 5.32 Å². The van der Waals surface area contributed by atoms with Crippen LogP contribution in [0.15, 0.2) is 24.3 Å². The molecular weight excluding hydrogens is 290 g/mol. The standard InChI is InChI=1S/C14H19F4NS/c1-10(2)20-8-7-19-13(9-14(16,17)18)11-3-5-12(15)6-4-11/h3-6,10,13,19H,7-9H2,1-2H3/t13-/m1/s1. The third-order valence-corrected chi connectivity index (χ3v) is 3.76. The maximum absolute atomic E-state index is 12.8. The second-order valence-electron chi connectivity index (χ2n) is 4.80. The van der Waals surface area contributed by atoms with Crippen LogP contribution in [0.5, 0.6) is 0 Å². The van der Waals surface area contributed by atoms with E-state index in [1.165, 1.54) is 24.3 Å². The van der Waals surface area contributed by atoms with E-state index in [9.17, 15) is 17.6 Å².